The molecule has 9 nitrogen and oxygen atoms in total. The number of carbonyl (C=O) groups excluding carboxylic acids is 1. The van der Waals surface area contributed by atoms with Crippen LogP contribution in [-0.2, 0) is 16.1 Å². The van der Waals surface area contributed by atoms with Crippen LogP contribution >= 0.6 is 0 Å². The van der Waals surface area contributed by atoms with Crippen LogP contribution in [-0.4, -0.2) is 55.4 Å². The van der Waals surface area contributed by atoms with E-state index in [4.69, 9.17) is 9.26 Å². The van der Waals surface area contributed by atoms with Gasteiger partial charge in [-0.15, -0.1) is 0 Å². The molecule has 1 aliphatic rings. The first-order valence-corrected chi connectivity index (χ1v) is 9.82. The zero-order chi connectivity index (χ0) is 20.3. The van der Waals surface area contributed by atoms with Crippen LogP contribution in [0.25, 0.3) is 22.3 Å². The molecule has 0 N–H and O–H groups in total. The number of aromatic nitrogens is 5. The largest absolute Gasteiger partial charge is 0.365 e. The number of benzene rings is 1. The molecule has 9 heteroatoms. The molecule has 5 rings (SSSR count). The number of carbonyl (C=O) groups is 1. The number of hydrogen-bond donors (Lipinski definition) is 0. The number of ether oxygens (including phenoxy) is 1. The van der Waals surface area contributed by atoms with Gasteiger partial charge in [0.15, 0.2) is 6.10 Å². The molecule has 4 heterocycles. The van der Waals surface area contributed by atoms with Gasteiger partial charge < -0.3 is 14.2 Å². The summed E-state index contributed by atoms with van der Waals surface area (Å²) in [6, 6.07) is 11.6. The lowest BCUT2D eigenvalue weighted by Crippen LogP contribution is -2.42. The van der Waals surface area contributed by atoms with E-state index in [9.17, 15) is 4.79 Å². The van der Waals surface area contributed by atoms with Crippen LogP contribution in [0.2, 0.25) is 0 Å². The molecule has 0 aliphatic carbocycles. The Hall–Kier alpha value is -3.59. The Labute approximate surface area is 172 Å². The summed E-state index contributed by atoms with van der Waals surface area (Å²) in [5, 5.41) is 9.48. The third kappa shape index (κ3) is 3.67. The first-order chi connectivity index (χ1) is 14.8. The van der Waals surface area contributed by atoms with Gasteiger partial charge in [-0.05, 0) is 18.2 Å². The van der Waals surface area contributed by atoms with Crippen molar-refractivity contribution >= 4 is 16.8 Å². The van der Waals surface area contributed by atoms with E-state index in [2.05, 4.69) is 20.2 Å². The Balaban J connectivity index is 1.23. The van der Waals surface area contributed by atoms with Crippen LogP contribution in [0.3, 0.4) is 0 Å². The molecule has 1 aliphatic heterocycles. The molecule has 152 valence electrons. The van der Waals surface area contributed by atoms with Gasteiger partial charge in [-0.3, -0.25) is 14.5 Å². The third-order valence-electron chi connectivity index (χ3n) is 5.16. The van der Waals surface area contributed by atoms with Gasteiger partial charge in [0.25, 0.3) is 5.89 Å². The second-order valence-corrected chi connectivity index (χ2v) is 7.07. The molecular formula is C21H20N6O3. The van der Waals surface area contributed by atoms with E-state index in [-0.39, 0.29) is 5.91 Å². The highest BCUT2D eigenvalue weighted by Crippen LogP contribution is 2.24. The van der Waals surface area contributed by atoms with Crippen molar-refractivity contribution in [3.63, 3.8) is 0 Å². The fourth-order valence-corrected chi connectivity index (χ4v) is 3.57. The van der Waals surface area contributed by atoms with Crippen LogP contribution in [0.15, 0.2) is 59.5 Å². The fraction of sp³-hybridized carbons (Fsp3) is 0.286. The molecule has 1 atom stereocenters. The summed E-state index contributed by atoms with van der Waals surface area (Å²) in [6.07, 6.45) is 5.10. The Morgan fingerprint density at radius 1 is 1.17 bits per heavy atom. The summed E-state index contributed by atoms with van der Waals surface area (Å²) >= 11 is 0. The number of morpholine rings is 1. The van der Waals surface area contributed by atoms with Crippen molar-refractivity contribution in [2.75, 3.05) is 19.7 Å². The van der Waals surface area contributed by atoms with Crippen LogP contribution in [0, 0.1) is 0 Å². The first kappa shape index (κ1) is 18.4. The van der Waals surface area contributed by atoms with Crippen LogP contribution in [0.4, 0.5) is 0 Å². The second-order valence-electron chi connectivity index (χ2n) is 7.07. The lowest BCUT2D eigenvalue weighted by Gasteiger charge is -2.31. The number of hydrogen-bond acceptors (Lipinski definition) is 7. The SMILES string of the molecule is O=C(CCn1ncc2ccccc21)N1CCOC(c2nc(-c3ccncc3)no2)C1. The Morgan fingerprint density at radius 2 is 2.03 bits per heavy atom. The molecule has 1 saturated heterocycles. The maximum atomic E-state index is 12.8. The van der Waals surface area contributed by atoms with E-state index in [0.29, 0.717) is 44.4 Å². The summed E-state index contributed by atoms with van der Waals surface area (Å²) in [5.74, 6) is 0.902. The second kappa shape index (κ2) is 8.03. The molecule has 1 aromatic carbocycles. The predicted octanol–water partition coefficient (Wildman–Crippen LogP) is 2.47. The fourth-order valence-electron chi connectivity index (χ4n) is 3.57. The van der Waals surface area contributed by atoms with Gasteiger partial charge in [0.05, 0.1) is 31.4 Å². The highest BCUT2D eigenvalue weighted by atomic mass is 16.5. The summed E-state index contributed by atoms with van der Waals surface area (Å²) in [7, 11) is 0. The van der Waals surface area contributed by atoms with Gasteiger partial charge in [0.2, 0.25) is 11.7 Å². The Kier molecular flexibility index (Phi) is 4.94. The summed E-state index contributed by atoms with van der Waals surface area (Å²) in [5.41, 5.74) is 1.84. The number of aryl methyl sites for hydroxylation is 1. The lowest BCUT2D eigenvalue weighted by atomic mass is 10.2. The number of amides is 1. The molecule has 3 aromatic heterocycles. The number of nitrogens with zero attached hydrogens (tertiary/aromatic N) is 6. The molecule has 1 fully saturated rings. The quantitative estimate of drug-likeness (QED) is 0.504. The number of para-hydroxylation sites is 1. The van der Waals surface area contributed by atoms with Crippen molar-refractivity contribution in [1.29, 1.82) is 0 Å². The van der Waals surface area contributed by atoms with E-state index in [0.717, 1.165) is 16.5 Å². The van der Waals surface area contributed by atoms with Gasteiger partial charge in [-0.2, -0.15) is 10.1 Å². The number of fused-ring (bicyclic) bond motifs is 1. The topological polar surface area (TPSA) is 99.2 Å². The van der Waals surface area contributed by atoms with Crippen molar-refractivity contribution in [2.24, 2.45) is 0 Å². The summed E-state index contributed by atoms with van der Waals surface area (Å²) in [4.78, 5) is 23.0. The molecule has 1 amide bonds. The maximum Gasteiger partial charge on any atom is 0.257 e. The van der Waals surface area contributed by atoms with E-state index < -0.39 is 6.10 Å². The van der Waals surface area contributed by atoms with Crippen molar-refractivity contribution < 1.29 is 14.1 Å². The average Bonchev–Trinajstić information content (AvgIpc) is 3.46. The monoisotopic (exact) mass is 404 g/mol. The minimum absolute atomic E-state index is 0.0525. The third-order valence-corrected chi connectivity index (χ3v) is 5.16. The molecule has 4 aromatic rings. The zero-order valence-corrected chi connectivity index (χ0v) is 16.2. The average molecular weight is 404 g/mol. The molecule has 1 unspecified atom stereocenters. The van der Waals surface area contributed by atoms with Gasteiger partial charge >= 0.3 is 0 Å². The van der Waals surface area contributed by atoms with Crippen LogP contribution in [0.1, 0.15) is 18.4 Å². The Bertz CT molecular complexity index is 1160. The number of pyridine rings is 1. The highest BCUT2D eigenvalue weighted by Gasteiger charge is 2.29. The molecule has 0 bridgehead atoms. The summed E-state index contributed by atoms with van der Waals surface area (Å²) < 4.78 is 13.0. The van der Waals surface area contributed by atoms with Gasteiger partial charge in [0, 0.05) is 36.3 Å². The first-order valence-electron chi connectivity index (χ1n) is 9.82. The van der Waals surface area contributed by atoms with Crippen molar-refractivity contribution in [3.8, 4) is 11.4 Å². The minimum atomic E-state index is -0.434. The number of rotatable bonds is 5. The lowest BCUT2D eigenvalue weighted by molar-refractivity contribution is -0.140. The molecular weight excluding hydrogens is 384 g/mol. The van der Waals surface area contributed by atoms with Crippen LogP contribution < -0.4 is 0 Å². The van der Waals surface area contributed by atoms with E-state index in [1.54, 1.807) is 17.3 Å². The van der Waals surface area contributed by atoms with Gasteiger partial charge in [0.1, 0.15) is 0 Å². The zero-order valence-electron chi connectivity index (χ0n) is 16.2. The normalized spacial score (nSPS) is 16.8. The van der Waals surface area contributed by atoms with E-state index in [1.807, 2.05) is 47.3 Å². The van der Waals surface area contributed by atoms with Gasteiger partial charge in [-0.25, -0.2) is 0 Å². The smallest absolute Gasteiger partial charge is 0.257 e. The van der Waals surface area contributed by atoms with Crippen molar-refractivity contribution in [1.82, 2.24) is 29.8 Å². The maximum absolute atomic E-state index is 12.8. The predicted molar refractivity (Wildman–Crippen MR) is 107 cm³/mol. The van der Waals surface area contributed by atoms with Crippen LogP contribution in [0.5, 0.6) is 0 Å². The van der Waals surface area contributed by atoms with Gasteiger partial charge in [-0.1, -0.05) is 23.4 Å². The van der Waals surface area contributed by atoms with E-state index >= 15 is 0 Å². The van der Waals surface area contributed by atoms with E-state index in [1.165, 1.54) is 0 Å². The highest BCUT2D eigenvalue weighted by molar-refractivity contribution is 5.79. The van der Waals surface area contributed by atoms with Crippen molar-refractivity contribution in [2.45, 2.75) is 19.1 Å². The molecule has 30 heavy (non-hydrogen) atoms. The minimum Gasteiger partial charge on any atom is -0.365 e. The Morgan fingerprint density at radius 3 is 2.93 bits per heavy atom. The molecule has 0 radical (unpaired) electrons. The standard InChI is InChI=1S/C21H20N6O3/c28-19(7-10-27-17-4-2-1-3-16(17)13-23-27)26-11-12-29-18(14-26)21-24-20(25-30-21)15-5-8-22-9-6-15/h1-6,8-9,13,18H,7,10-12,14H2. The molecule has 0 spiro atoms. The molecule has 0 saturated carbocycles. The summed E-state index contributed by atoms with van der Waals surface area (Å²) in [6.45, 7) is 1.88. The van der Waals surface area contributed by atoms with Crippen molar-refractivity contribution in [3.05, 3.63) is 60.9 Å².